The van der Waals surface area contributed by atoms with E-state index in [4.69, 9.17) is 10.5 Å². The van der Waals surface area contributed by atoms with Gasteiger partial charge < -0.3 is 20.7 Å². The van der Waals surface area contributed by atoms with Crippen LogP contribution in [0.3, 0.4) is 0 Å². The van der Waals surface area contributed by atoms with Gasteiger partial charge in [0.15, 0.2) is 0 Å². The molecule has 0 radical (unpaired) electrons. The van der Waals surface area contributed by atoms with E-state index in [1.54, 1.807) is 6.92 Å². The third kappa shape index (κ3) is 4.57. The monoisotopic (exact) mass is 268 g/mol. The van der Waals surface area contributed by atoms with Gasteiger partial charge in [-0.2, -0.15) is 15.0 Å². The molecule has 3 N–H and O–H groups in total. The van der Waals surface area contributed by atoms with Crippen LogP contribution in [0.15, 0.2) is 0 Å². The smallest absolute Gasteiger partial charge is 0.325 e. The summed E-state index contributed by atoms with van der Waals surface area (Å²) in [6.07, 6.45) is 0. The molecule has 1 aromatic rings. The maximum absolute atomic E-state index is 11.2. The Morgan fingerprint density at radius 3 is 2.53 bits per heavy atom. The first-order valence-corrected chi connectivity index (χ1v) is 6.26. The quantitative estimate of drug-likeness (QED) is 0.679. The third-order valence-corrected chi connectivity index (χ3v) is 2.38. The summed E-state index contributed by atoms with van der Waals surface area (Å²) in [4.78, 5) is 25.4. The van der Waals surface area contributed by atoms with E-state index < -0.39 is 0 Å². The summed E-state index contributed by atoms with van der Waals surface area (Å²) in [5.41, 5.74) is 5.63. The Kier molecular flexibility index (Phi) is 5.77. The molecule has 0 amide bonds. The van der Waals surface area contributed by atoms with Crippen molar-refractivity contribution in [2.75, 3.05) is 42.2 Å². The minimum atomic E-state index is -0.370. The second kappa shape index (κ2) is 7.34. The first-order valence-electron chi connectivity index (χ1n) is 6.26. The minimum Gasteiger partial charge on any atom is -0.465 e. The number of aromatic nitrogens is 3. The summed E-state index contributed by atoms with van der Waals surface area (Å²) in [5.74, 6) is 0.500. The van der Waals surface area contributed by atoms with Crippen molar-refractivity contribution in [3.8, 4) is 0 Å². The van der Waals surface area contributed by atoms with Gasteiger partial charge in [0, 0.05) is 13.1 Å². The number of nitrogens with one attached hydrogen (secondary N) is 1. The molecule has 1 heterocycles. The summed E-state index contributed by atoms with van der Waals surface area (Å²) >= 11 is 0. The summed E-state index contributed by atoms with van der Waals surface area (Å²) in [6.45, 7) is 7.59. The third-order valence-electron chi connectivity index (χ3n) is 2.38. The van der Waals surface area contributed by atoms with Crippen molar-refractivity contribution in [1.82, 2.24) is 15.0 Å². The number of ether oxygens (including phenoxy) is 1. The van der Waals surface area contributed by atoms with Gasteiger partial charge in [-0.3, -0.25) is 4.79 Å². The number of esters is 1. The number of hydrogen-bond donors (Lipinski definition) is 2. The van der Waals surface area contributed by atoms with Gasteiger partial charge >= 0.3 is 5.97 Å². The van der Waals surface area contributed by atoms with Crippen LogP contribution in [0.1, 0.15) is 20.8 Å². The van der Waals surface area contributed by atoms with Crippen molar-refractivity contribution >= 4 is 23.8 Å². The molecule has 0 aliphatic heterocycles. The van der Waals surface area contributed by atoms with Crippen LogP contribution in [0.4, 0.5) is 17.8 Å². The summed E-state index contributed by atoms with van der Waals surface area (Å²) in [6, 6.07) is 0. The van der Waals surface area contributed by atoms with Gasteiger partial charge in [-0.05, 0) is 20.8 Å². The standard InChI is InChI=1S/C11H20N6O2/c1-4-17(5-2)11-15-9(12)14-10(16-11)13-7-8(18)19-6-3/h4-7H2,1-3H3,(H3,12,13,14,15,16). The second-order valence-corrected chi connectivity index (χ2v) is 3.65. The van der Waals surface area contributed by atoms with Crippen molar-refractivity contribution in [2.24, 2.45) is 0 Å². The first-order chi connectivity index (χ1) is 9.10. The lowest BCUT2D eigenvalue weighted by Gasteiger charge is -2.18. The average Bonchev–Trinajstić information content (AvgIpc) is 2.38. The van der Waals surface area contributed by atoms with Gasteiger partial charge in [-0.25, -0.2) is 0 Å². The van der Waals surface area contributed by atoms with Crippen LogP contribution in [0.5, 0.6) is 0 Å². The lowest BCUT2D eigenvalue weighted by molar-refractivity contribution is -0.140. The lowest BCUT2D eigenvalue weighted by Crippen LogP contribution is -2.26. The molecule has 0 unspecified atom stereocenters. The highest BCUT2D eigenvalue weighted by Gasteiger charge is 2.10. The van der Waals surface area contributed by atoms with Gasteiger partial charge in [0.2, 0.25) is 17.8 Å². The van der Waals surface area contributed by atoms with Gasteiger partial charge in [0.1, 0.15) is 6.54 Å². The van der Waals surface area contributed by atoms with Crippen LogP contribution < -0.4 is 16.0 Å². The van der Waals surface area contributed by atoms with Crippen LogP contribution in [0, 0.1) is 0 Å². The van der Waals surface area contributed by atoms with Crippen molar-refractivity contribution in [3.63, 3.8) is 0 Å². The molecule has 0 saturated heterocycles. The Morgan fingerprint density at radius 2 is 1.95 bits per heavy atom. The Labute approximate surface area is 112 Å². The molecule has 0 aromatic carbocycles. The fourth-order valence-electron chi connectivity index (χ4n) is 1.47. The van der Waals surface area contributed by atoms with Crippen LogP contribution >= 0.6 is 0 Å². The van der Waals surface area contributed by atoms with Gasteiger partial charge in [-0.15, -0.1) is 0 Å². The highest BCUT2D eigenvalue weighted by atomic mass is 16.5. The molecule has 0 saturated carbocycles. The number of nitrogens with two attached hydrogens (primary N) is 1. The molecule has 0 aliphatic carbocycles. The molecular formula is C11H20N6O2. The topological polar surface area (TPSA) is 106 Å². The summed E-state index contributed by atoms with van der Waals surface area (Å²) < 4.78 is 4.80. The van der Waals surface area contributed by atoms with Gasteiger partial charge in [0.25, 0.3) is 0 Å². The first kappa shape index (κ1) is 14.9. The predicted molar refractivity (Wildman–Crippen MR) is 72.9 cm³/mol. The van der Waals surface area contributed by atoms with E-state index >= 15 is 0 Å². The zero-order valence-corrected chi connectivity index (χ0v) is 11.5. The number of nitrogen functional groups attached to an aromatic ring is 1. The molecule has 8 nitrogen and oxygen atoms in total. The molecular weight excluding hydrogens is 248 g/mol. The highest BCUT2D eigenvalue weighted by molar-refractivity contribution is 5.74. The number of carbonyl (C=O) groups is 1. The lowest BCUT2D eigenvalue weighted by atomic mass is 10.5. The second-order valence-electron chi connectivity index (χ2n) is 3.65. The van der Waals surface area contributed by atoms with Crippen molar-refractivity contribution in [3.05, 3.63) is 0 Å². The predicted octanol–water partition coefficient (Wildman–Crippen LogP) is 0.275. The largest absolute Gasteiger partial charge is 0.465 e. The molecule has 106 valence electrons. The minimum absolute atomic E-state index is 0.00498. The zero-order valence-electron chi connectivity index (χ0n) is 11.5. The van der Waals surface area contributed by atoms with E-state index in [2.05, 4.69) is 20.3 Å². The van der Waals surface area contributed by atoms with Gasteiger partial charge in [0.05, 0.1) is 6.61 Å². The number of carbonyl (C=O) groups excluding carboxylic acids is 1. The average molecular weight is 268 g/mol. The Bertz CT molecular complexity index is 422. The number of anilines is 3. The number of rotatable bonds is 7. The molecule has 19 heavy (non-hydrogen) atoms. The van der Waals surface area contributed by atoms with E-state index in [0.717, 1.165) is 13.1 Å². The van der Waals surface area contributed by atoms with E-state index in [1.165, 1.54) is 0 Å². The normalized spacial score (nSPS) is 10.1. The van der Waals surface area contributed by atoms with E-state index in [9.17, 15) is 4.79 Å². The molecule has 0 bridgehead atoms. The fraction of sp³-hybridized carbons (Fsp3) is 0.636. The Morgan fingerprint density at radius 1 is 1.26 bits per heavy atom. The van der Waals surface area contributed by atoms with Gasteiger partial charge in [-0.1, -0.05) is 0 Å². The summed E-state index contributed by atoms with van der Waals surface area (Å²) in [7, 11) is 0. The van der Waals surface area contributed by atoms with E-state index in [-0.39, 0.29) is 24.4 Å². The molecule has 0 aliphatic rings. The van der Waals surface area contributed by atoms with Crippen LogP contribution in [-0.4, -0.2) is 47.2 Å². The SMILES string of the molecule is CCOC(=O)CNc1nc(N)nc(N(CC)CC)n1. The zero-order chi connectivity index (χ0) is 14.3. The molecule has 8 heteroatoms. The maximum Gasteiger partial charge on any atom is 0.325 e. The van der Waals surface area contributed by atoms with Crippen LogP contribution in [0.25, 0.3) is 0 Å². The van der Waals surface area contributed by atoms with Crippen molar-refractivity contribution < 1.29 is 9.53 Å². The van der Waals surface area contributed by atoms with Crippen LogP contribution in [-0.2, 0) is 9.53 Å². The molecule has 1 aromatic heterocycles. The molecule has 0 spiro atoms. The molecule has 1 rings (SSSR count). The molecule has 0 fully saturated rings. The highest BCUT2D eigenvalue weighted by Crippen LogP contribution is 2.11. The number of nitrogens with zero attached hydrogens (tertiary/aromatic N) is 4. The van der Waals surface area contributed by atoms with Crippen molar-refractivity contribution in [1.29, 1.82) is 0 Å². The van der Waals surface area contributed by atoms with Crippen molar-refractivity contribution in [2.45, 2.75) is 20.8 Å². The maximum atomic E-state index is 11.2. The van der Waals surface area contributed by atoms with Crippen LogP contribution in [0.2, 0.25) is 0 Å². The number of hydrogen-bond acceptors (Lipinski definition) is 8. The van der Waals surface area contributed by atoms with E-state index in [0.29, 0.717) is 12.6 Å². The Hall–Kier alpha value is -2.12. The van der Waals surface area contributed by atoms with E-state index in [1.807, 2.05) is 18.7 Å². The Balaban J connectivity index is 2.76. The fourth-order valence-corrected chi connectivity index (χ4v) is 1.47. The summed E-state index contributed by atoms with van der Waals surface area (Å²) in [5, 5.41) is 2.77. The molecule has 0 atom stereocenters.